The van der Waals surface area contributed by atoms with Crippen molar-refractivity contribution in [2.75, 3.05) is 0 Å². The lowest BCUT2D eigenvalue weighted by atomic mass is 9.96. The molecule has 0 saturated carbocycles. The zero-order valence-electron chi connectivity index (χ0n) is 23.0. The lowest BCUT2D eigenvalue weighted by Crippen LogP contribution is -2.45. The van der Waals surface area contributed by atoms with Crippen molar-refractivity contribution in [3.05, 3.63) is 71.8 Å². The molecule has 2 aromatic rings. The van der Waals surface area contributed by atoms with Gasteiger partial charge in [-0.25, -0.2) is 8.78 Å². The van der Waals surface area contributed by atoms with Crippen molar-refractivity contribution in [3.63, 3.8) is 0 Å². The Bertz CT molecular complexity index is 777. The molecule has 0 aliphatic rings. The first-order valence-corrected chi connectivity index (χ1v) is 14.4. The van der Waals surface area contributed by atoms with Gasteiger partial charge in [0, 0.05) is 32.0 Å². The van der Waals surface area contributed by atoms with E-state index in [1.54, 1.807) is 0 Å². The van der Waals surface area contributed by atoms with Gasteiger partial charge < -0.3 is 10.2 Å². The zero-order valence-corrected chi connectivity index (χ0v) is 23.0. The Labute approximate surface area is 223 Å². The van der Waals surface area contributed by atoms with Gasteiger partial charge in [-0.2, -0.15) is 0 Å². The Kier molecular flexibility index (Phi) is 15.0. The van der Waals surface area contributed by atoms with Crippen molar-refractivity contribution in [1.29, 1.82) is 0 Å². The molecule has 2 rings (SSSR count). The molecule has 0 aromatic heterocycles. The molecule has 0 saturated heterocycles. The summed E-state index contributed by atoms with van der Waals surface area (Å²) in [7, 11) is 0. The number of rotatable bonds is 20. The molecule has 0 radical (unpaired) electrons. The van der Waals surface area contributed by atoms with E-state index in [1.165, 1.54) is 38.5 Å². The van der Waals surface area contributed by atoms with Crippen LogP contribution in [0.25, 0.3) is 0 Å². The number of benzene rings is 2. The molecule has 208 valence electrons. The Morgan fingerprint density at radius 1 is 0.703 bits per heavy atom. The van der Waals surface area contributed by atoms with Gasteiger partial charge in [-0.1, -0.05) is 125 Å². The number of aliphatic hydroxyl groups excluding tert-OH is 2. The molecular formula is C32H49F2NO2. The number of unbranched alkanes of at least 4 members (excludes halogenated alkanes) is 9. The Hall–Kier alpha value is -1.82. The number of alkyl halides is 2. The predicted molar refractivity (Wildman–Crippen MR) is 150 cm³/mol. The van der Waals surface area contributed by atoms with E-state index >= 15 is 0 Å². The van der Waals surface area contributed by atoms with Crippen molar-refractivity contribution >= 4 is 0 Å². The molecule has 0 bridgehead atoms. The Morgan fingerprint density at radius 3 is 1.59 bits per heavy atom. The van der Waals surface area contributed by atoms with E-state index < -0.39 is 24.2 Å². The SMILES string of the molecule is CCCCCCCCCCCCC(F)(F)[C@H](O)C[C@@H](O)[C@H](C)N(Cc1ccccc1)Cc1ccccc1. The molecule has 0 aliphatic carbocycles. The topological polar surface area (TPSA) is 43.7 Å². The number of hydrogen-bond acceptors (Lipinski definition) is 3. The van der Waals surface area contributed by atoms with Crippen LogP contribution >= 0.6 is 0 Å². The summed E-state index contributed by atoms with van der Waals surface area (Å²) in [6, 6.07) is 19.5. The summed E-state index contributed by atoms with van der Waals surface area (Å²) in [5.41, 5.74) is 2.17. The third kappa shape index (κ3) is 12.5. The molecule has 0 spiro atoms. The van der Waals surface area contributed by atoms with Crippen LogP contribution < -0.4 is 0 Å². The van der Waals surface area contributed by atoms with Gasteiger partial charge in [0.2, 0.25) is 0 Å². The second kappa shape index (κ2) is 17.6. The van der Waals surface area contributed by atoms with E-state index in [-0.39, 0.29) is 12.8 Å². The molecule has 37 heavy (non-hydrogen) atoms. The minimum Gasteiger partial charge on any atom is -0.391 e. The molecule has 0 heterocycles. The van der Waals surface area contributed by atoms with Crippen LogP contribution in [0.3, 0.4) is 0 Å². The van der Waals surface area contributed by atoms with Gasteiger partial charge in [-0.3, -0.25) is 4.90 Å². The second-order valence-electron chi connectivity index (χ2n) is 10.6. The largest absolute Gasteiger partial charge is 0.391 e. The van der Waals surface area contributed by atoms with Crippen LogP contribution in [0.2, 0.25) is 0 Å². The van der Waals surface area contributed by atoms with Gasteiger partial charge in [0.15, 0.2) is 0 Å². The molecule has 0 amide bonds. The summed E-state index contributed by atoms with van der Waals surface area (Å²) >= 11 is 0. The maximum atomic E-state index is 14.7. The fraction of sp³-hybridized carbons (Fsp3) is 0.625. The van der Waals surface area contributed by atoms with E-state index in [2.05, 4.69) is 11.8 Å². The monoisotopic (exact) mass is 517 g/mol. The Morgan fingerprint density at radius 2 is 1.14 bits per heavy atom. The van der Waals surface area contributed by atoms with Gasteiger partial charge in [0.25, 0.3) is 5.92 Å². The van der Waals surface area contributed by atoms with Crippen LogP contribution in [0.1, 0.15) is 102 Å². The van der Waals surface area contributed by atoms with Gasteiger partial charge in [-0.15, -0.1) is 0 Å². The van der Waals surface area contributed by atoms with Crippen LogP contribution in [0.5, 0.6) is 0 Å². The second-order valence-corrected chi connectivity index (χ2v) is 10.6. The van der Waals surface area contributed by atoms with E-state index in [4.69, 9.17) is 0 Å². The lowest BCUT2D eigenvalue weighted by molar-refractivity contribution is -0.132. The first-order valence-electron chi connectivity index (χ1n) is 14.4. The molecule has 5 heteroatoms. The molecule has 2 N–H and O–H groups in total. The Balaban J connectivity index is 1.81. The molecule has 2 aromatic carbocycles. The van der Waals surface area contributed by atoms with E-state index in [0.29, 0.717) is 19.5 Å². The number of halogens is 2. The summed E-state index contributed by atoms with van der Waals surface area (Å²) in [5, 5.41) is 21.3. The van der Waals surface area contributed by atoms with Crippen molar-refractivity contribution in [1.82, 2.24) is 4.90 Å². The van der Waals surface area contributed by atoms with E-state index in [0.717, 1.165) is 30.4 Å². The normalized spacial score (nSPS) is 14.6. The summed E-state index contributed by atoms with van der Waals surface area (Å²) in [4.78, 5) is 2.09. The van der Waals surface area contributed by atoms with Crippen LogP contribution in [-0.2, 0) is 13.1 Å². The average Bonchev–Trinajstić information content (AvgIpc) is 2.90. The van der Waals surface area contributed by atoms with Gasteiger partial charge in [0.05, 0.1) is 6.10 Å². The maximum absolute atomic E-state index is 14.7. The number of aliphatic hydroxyl groups is 2. The van der Waals surface area contributed by atoms with Crippen LogP contribution in [-0.4, -0.2) is 39.3 Å². The predicted octanol–water partition coefficient (Wildman–Crippen LogP) is 8.14. The summed E-state index contributed by atoms with van der Waals surface area (Å²) < 4.78 is 29.4. The van der Waals surface area contributed by atoms with Crippen molar-refractivity contribution in [3.8, 4) is 0 Å². The number of nitrogens with zero attached hydrogens (tertiary/aromatic N) is 1. The quantitative estimate of drug-likeness (QED) is 0.174. The molecule has 3 nitrogen and oxygen atoms in total. The standard InChI is InChI=1S/C32H49F2NO2/c1-3-4-5-6-7-8-9-10-11-18-23-32(33,34)31(37)24-30(36)27(2)35(25-28-19-14-12-15-20-28)26-29-21-16-13-17-22-29/h12-17,19-22,27,30-31,36-37H,3-11,18,23-26H2,1-2H3/t27-,30+,31+/m0/s1. The number of hydrogen-bond donors (Lipinski definition) is 2. The highest BCUT2D eigenvalue weighted by molar-refractivity contribution is 5.17. The summed E-state index contributed by atoms with van der Waals surface area (Å²) in [5.74, 6) is -3.19. The minimum atomic E-state index is -3.19. The van der Waals surface area contributed by atoms with Crippen LogP contribution in [0.15, 0.2) is 60.7 Å². The first kappa shape index (κ1) is 31.4. The van der Waals surface area contributed by atoms with Gasteiger partial charge >= 0.3 is 0 Å². The van der Waals surface area contributed by atoms with Gasteiger partial charge in [0.1, 0.15) is 6.10 Å². The summed E-state index contributed by atoms with van der Waals surface area (Å²) in [6.07, 6.45) is 7.15. The third-order valence-corrected chi connectivity index (χ3v) is 7.41. The zero-order chi connectivity index (χ0) is 26.9. The molecule has 0 unspecified atom stereocenters. The third-order valence-electron chi connectivity index (χ3n) is 7.41. The van der Waals surface area contributed by atoms with E-state index in [1.807, 2.05) is 67.6 Å². The van der Waals surface area contributed by atoms with Crippen LogP contribution in [0, 0.1) is 0 Å². The first-order chi connectivity index (χ1) is 17.8. The molecule has 3 atom stereocenters. The average molecular weight is 518 g/mol. The molecule has 0 fully saturated rings. The maximum Gasteiger partial charge on any atom is 0.273 e. The highest BCUT2D eigenvalue weighted by Crippen LogP contribution is 2.30. The molecular weight excluding hydrogens is 468 g/mol. The molecule has 0 aliphatic heterocycles. The highest BCUT2D eigenvalue weighted by Gasteiger charge is 2.40. The van der Waals surface area contributed by atoms with E-state index in [9.17, 15) is 19.0 Å². The van der Waals surface area contributed by atoms with Gasteiger partial charge in [-0.05, 0) is 24.5 Å². The fourth-order valence-electron chi connectivity index (χ4n) is 4.84. The highest BCUT2D eigenvalue weighted by atomic mass is 19.3. The van der Waals surface area contributed by atoms with Crippen LogP contribution in [0.4, 0.5) is 8.78 Å². The summed E-state index contributed by atoms with van der Waals surface area (Å²) in [6.45, 7) is 5.22. The van der Waals surface area contributed by atoms with Crippen molar-refractivity contribution in [2.45, 2.75) is 128 Å². The fourth-order valence-corrected chi connectivity index (χ4v) is 4.84. The van der Waals surface area contributed by atoms with Crippen molar-refractivity contribution < 1.29 is 19.0 Å². The lowest BCUT2D eigenvalue weighted by Gasteiger charge is -2.34. The minimum absolute atomic E-state index is 0.330. The smallest absolute Gasteiger partial charge is 0.273 e. The van der Waals surface area contributed by atoms with Crippen molar-refractivity contribution in [2.24, 2.45) is 0 Å².